The lowest BCUT2D eigenvalue weighted by Gasteiger charge is -2.18. The molecule has 0 aliphatic heterocycles. The second kappa shape index (κ2) is 10.7. The largest absolute Gasteiger partial charge is 0.504 e. The third-order valence-corrected chi connectivity index (χ3v) is 6.26. The molecule has 0 saturated heterocycles. The van der Waals surface area contributed by atoms with Gasteiger partial charge in [-0.05, 0) is 88.8 Å². The maximum Gasteiger partial charge on any atom is 0.309 e. The Hall–Kier alpha value is -2.24. The smallest absolute Gasteiger partial charge is 0.309 e. The van der Waals surface area contributed by atoms with E-state index in [9.17, 15) is 19.8 Å². The Morgan fingerprint density at radius 1 is 1.07 bits per heavy atom. The lowest BCUT2D eigenvalue weighted by molar-refractivity contribution is -0.147. The van der Waals surface area contributed by atoms with E-state index in [0.717, 1.165) is 75.3 Å². The van der Waals surface area contributed by atoms with Gasteiger partial charge in [-0.3, -0.25) is 9.59 Å². The maximum absolute atomic E-state index is 11.1. The number of phenols is 2. The van der Waals surface area contributed by atoms with Crippen LogP contribution in [-0.4, -0.2) is 33.4 Å². The van der Waals surface area contributed by atoms with E-state index in [4.69, 9.17) is 9.84 Å². The van der Waals surface area contributed by atoms with Crippen molar-refractivity contribution in [3.63, 3.8) is 0 Å². The molecule has 1 aliphatic carbocycles. The molecule has 30 heavy (non-hydrogen) atoms. The molecule has 0 radical (unpaired) electrons. The number of phenolic OH excluding ortho intramolecular Hbond substituents is 2. The lowest BCUT2D eigenvalue weighted by Crippen LogP contribution is -2.23. The summed E-state index contributed by atoms with van der Waals surface area (Å²) in [6.07, 6.45) is 10.5. The van der Waals surface area contributed by atoms with Gasteiger partial charge in [-0.15, -0.1) is 0 Å². The molecule has 1 fully saturated rings. The van der Waals surface area contributed by atoms with E-state index in [1.165, 1.54) is 0 Å². The van der Waals surface area contributed by atoms with Crippen LogP contribution in [0.4, 0.5) is 0 Å². The molecule has 3 N–H and O–H groups in total. The Bertz CT molecular complexity index is 721. The number of carbonyl (C=O) groups excluding carboxylic acids is 1. The minimum absolute atomic E-state index is 0.0397. The molecule has 168 valence electrons. The Balaban J connectivity index is 1.73. The summed E-state index contributed by atoms with van der Waals surface area (Å²) in [5.74, 6) is -0.876. The zero-order chi connectivity index (χ0) is 22.2. The highest BCUT2D eigenvalue weighted by Crippen LogP contribution is 2.43. The first kappa shape index (κ1) is 24.0. The zero-order valence-corrected chi connectivity index (χ0v) is 18.3. The molecule has 0 unspecified atom stereocenters. The fraction of sp³-hybridized carbons (Fsp3) is 0.667. The first-order chi connectivity index (χ1) is 14.2. The molecular formula is C24H36O6. The Morgan fingerprint density at radius 2 is 1.73 bits per heavy atom. The van der Waals surface area contributed by atoms with Crippen LogP contribution in [-0.2, 0) is 27.2 Å². The molecule has 1 aliphatic rings. The number of ether oxygens (including phenoxy) is 1. The standard InChI is InChI=1S/C24H36O6/c1-23(2,22(28)29)11-7-4-3-5-10-19-15-18(16-20(26)21(19)27)9-6-8-12-24(13-14-24)30-17-25/h15-17,26-27H,3-14H2,1-2H3,(H,28,29). The zero-order valence-electron chi connectivity index (χ0n) is 18.3. The van der Waals surface area contributed by atoms with Crippen molar-refractivity contribution in [1.82, 2.24) is 0 Å². The summed E-state index contributed by atoms with van der Waals surface area (Å²) in [5.41, 5.74) is 0.865. The van der Waals surface area contributed by atoms with Gasteiger partial charge in [0.05, 0.1) is 5.41 Å². The van der Waals surface area contributed by atoms with Gasteiger partial charge >= 0.3 is 5.97 Å². The second-order valence-corrected chi connectivity index (χ2v) is 9.33. The van der Waals surface area contributed by atoms with Gasteiger partial charge in [0.2, 0.25) is 0 Å². The number of rotatable bonds is 15. The third kappa shape index (κ3) is 7.22. The Kier molecular flexibility index (Phi) is 8.56. The van der Waals surface area contributed by atoms with Crippen LogP contribution in [0.25, 0.3) is 0 Å². The van der Waals surface area contributed by atoms with Gasteiger partial charge in [-0.1, -0.05) is 25.3 Å². The van der Waals surface area contributed by atoms with Gasteiger partial charge in [0.25, 0.3) is 6.47 Å². The molecule has 1 saturated carbocycles. The van der Waals surface area contributed by atoms with Crippen LogP contribution < -0.4 is 0 Å². The first-order valence-corrected chi connectivity index (χ1v) is 11.1. The highest BCUT2D eigenvalue weighted by atomic mass is 16.5. The lowest BCUT2D eigenvalue weighted by atomic mass is 9.87. The Morgan fingerprint density at radius 3 is 2.37 bits per heavy atom. The van der Waals surface area contributed by atoms with Crippen molar-refractivity contribution in [2.75, 3.05) is 0 Å². The summed E-state index contributed by atoms with van der Waals surface area (Å²) in [6.45, 7) is 4.05. The molecule has 1 aromatic carbocycles. The summed E-state index contributed by atoms with van der Waals surface area (Å²) < 4.78 is 5.17. The number of benzene rings is 1. The van der Waals surface area contributed by atoms with Crippen LogP contribution in [0.15, 0.2) is 12.1 Å². The topological polar surface area (TPSA) is 104 Å². The highest BCUT2D eigenvalue weighted by molar-refractivity contribution is 5.73. The summed E-state index contributed by atoms with van der Waals surface area (Å²) in [4.78, 5) is 21.7. The van der Waals surface area contributed by atoms with Gasteiger partial charge in [0.15, 0.2) is 11.5 Å². The number of carboxylic acid groups (broad SMARTS) is 1. The number of carboxylic acids is 1. The molecule has 6 heteroatoms. The minimum Gasteiger partial charge on any atom is -0.504 e. The third-order valence-electron chi connectivity index (χ3n) is 6.26. The van der Waals surface area contributed by atoms with E-state index in [0.29, 0.717) is 19.3 Å². The van der Waals surface area contributed by atoms with Crippen molar-refractivity contribution in [2.24, 2.45) is 5.41 Å². The van der Waals surface area contributed by atoms with E-state index >= 15 is 0 Å². The fourth-order valence-electron chi connectivity index (χ4n) is 3.86. The number of hydrogen-bond donors (Lipinski definition) is 3. The van der Waals surface area contributed by atoms with Gasteiger partial charge in [0, 0.05) is 0 Å². The number of aromatic hydroxyl groups is 2. The van der Waals surface area contributed by atoms with Crippen molar-refractivity contribution in [1.29, 1.82) is 0 Å². The van der Waals surface area contributed by atoms with Crippen molar-refractivity contribution in [2.45, 2.75) is 96.5 Å². The van der Waals surface area contributed by atoms with Crippen LogP contribution in [0.2, 0.25) is 0 Å². The first-order valence-electron chi connectivity index (χ1n) is 11.1. The minimum atomic E-state index is -0.761. The van der Waals surface area contributed by atoms with Crippen molar-refractivity contribution in [3.05, 3.63) is 23.3 Å². The molecule has 6 nitrogen and oxygen atoms in total. The van der Waals surface area contributed by atoms with E-state index in [1.807, 2.05) is 6.07 Å². The van der Waals surface area contributed by atoms with E-state index in [2.05, 4.69) is 0 Å². The fourth-order valence-corrected chi connectivity index (χ4v) is 3.86. The van der Waals surface area contributed by atoms with Crippen molar-refractivity contribution >= 4 is 12.4 Å². The molecule has 0 atom stereocenters. The second-order valence-electron chi connectivity index (χ2n) is 9.33. The van der Waals surface area contributed by atoms with Crippen LogP contribution >= 0.6 is 0 Å². The van der Waals surface area contributed by atoms with E-state index in [1.54, 1.807) is 19.9 Å². The average molecular weight is 421 g/mol. The maximum atomic E-state index is 11.1. The van der Waals surface area contributed by atoms with Crippen LogP contribution in [0, 0.1) is 5.41 Å². The normalized spacial score (nSPS) is 15.0. The summed E-state index contributed by atoms with van der Waals surface area (Å²) >= 11 is 0. The van der Waals surface area contributed by atoms with Crippen LogP contribution in [0.3, 0.4) is 0 Å². The predicted octanol–water partition coefficient (Wildman–Crippen LogP) is 5.12. The number of hydrogen-bond acceptors (Lipinski definition) is 5. The van der Waals surface area contributed by atoms with Gasteiger partial charge in [-0.2, -0.15) is 0 Å². The molecule has 0 spiro atoms. The number of unbranched alkanes of at least 4 members (excludes halogenated alkanes) is 4. The monoisotopic (exact) mass is 420 g/mol. The highest BCUT2D eigenvalue weighted by Gasteiger charge is 2.44. The molecule has 0 amide bonds. The van der Waals surface area contributed by atoms with E-state index in [-0.39, 0.29) is 17.1 Å². The van der Waals surface area contributed by atoms with Crippen LogP contribution in [0.1, 0.15) is 89.2 Å². The Labute approximate surface area is 179 Å². The number of carbonyl (C=O) groups is 2. The molecule has 2 rings (SSSR count). The SMILES string of the molecule is CC(C)(CCCCCCc1cc(CCCCC2(OC=O)CC2)cc(O)c1O)C(=O)O. The molecular weight excluding hydrogens is 384 g/mol. The van der Waals surface area contributed by atoms with Gasteiger partial charge < -0.3 is 20.1 Å². The molecule has 1 aromatic rings. The van der Waals surface area contributed by atoms with Crippen LogP contribution in [0.5, 0.6) is 11.5 Å². The number of aryl methyl sites for hydroxylation is 2. The van der Waals surface area contributed by atoms with Crippen molar-refractivity contribution in [3.8, 4) is 11.5 Å². The van der Waals surface area contributed by atoms with Crippen molar-refractivity contribution < 1.29 is 29.6 Å². The summed E-state index contributed by atoms with van der Waals surface area (Å²) in [6, 6.07) is 3.60. The summed E-state index contributed by atoms with van der Waals surface area (Å²) in [7, 11) is 0. The predicted molar refractivity (Wildman–Crippen MR) is 115 cm³/mol. The van der Waals surface area contributed by atoms with E-state index < -0.39 is 11.4 Å². The van der Waals surface area contributed by atoms with Gasteiger partial charge in [-0.25, -0.2) is 0 Å². The molecule has 0 aromatic heterocycles. The average Bonchev–Trinajstić information content (AvgIpc) is 3.45. The summed E-state index contributed by atoms with van der Waals surface area (Å²) in [5, 5.41) is 29.4. The molecule has 0 bridgehead atoms. The molecule has 0 heterocycles. The van der Waals surface area contributed by atoms with Gasteiger partial charge in [0.1, 0.15) is 5.60 Å². The quantitative estimate of drug-likeness (QED) is 0.207. The number of aliphatic carboxylic acids is 1.